The molecule has 0 amide bonds. The normalized spacial score (nSPS) is 26.1. The summed E-state index contributed by atoms with van der Waals surface area (Å²) in [4.78, 5) is 0.212. The van der Waals surface area contributed by atoms with Crippen LogP contribution in [0.1, 0.15) is 50.2 Å². The van der Waals surface area contributed by atoms with Gasteiger partial charge < -0.3 is 10.1 Å². The number of halogens is 2. The average Bonchev–Trinajstić information content (AvgIpc) is 3.26. The van der Waals surface area contributed by atoms with Crippen molar-refractivity contribution in [2.75, 3.05) is 16.6 Å². The molecule has 0 radical (unpaired) electrons. The van der Waals surface area contributed by atoms with E-state index in [-0.39, 0.29) is 11.0 Å². The molecule has 0 bridgehead atoms. The van der Waals surface area contributed by atoms with E-state index in [1.807, 2.05) is 6.07 Å². The lowest BCUT2D eigenvalue weighted by atomic mass is 9.73. The molecule has 8 heteroatoms. The van der Waals surface area contributed by atoms with Crippen molar-refractivity contribution < 1.29 is 13.2 Å². The fourth-order valence-corrected chi connectivity index (χ4v) is 6.77. The van der Waals surface area contributed by atoms with Crippen LogP contribution in [-0.4, -0.2) is 21.1 Å². The molecular formula is C23H26Cl2N2O3S. The summed E-state index contributed by atoms with van der Waals surface area (Å²) in [6.45, 7) is 0.720. The second-order valence-corrected chi connectivity index (χ2v) is 11.3. The first-order valence-corrected chi connectivity index (χ1v) is 13.2. The molecule has 0 spiro atoms. The van der Waals surface area contributed by atoms with Crippen molar-refractivity contribution in [2.24, 2.45) is 11.8 Å². The van der Waals surface area contributed by atoms with Gasteiger partial charge in [-0.3, -0.25) is 4.72 Å². The highest BCUT2D eigenvalue weighted by atomic mass is 35.5. The van der Waals surface area contributed by atoms with Crippen LogP contribution in [0.25, 0.3) is 0 Å². The Labute approximate surface area is 193 Å². The topological polar surface area (TPSA) is 67.4 Å². The van der Waals surface area contributed by atoms with E-state index in [1.54, 1.807) is 24.3 Å². The molecule has 2 heterocycles. The van der Waals surface area contributed by atoms with Crippen LogP contribution in [0.2, 0.25) is 10.0 Å². The number of benzene rings is 2. The number of anilines is 2. The van der Waals surface area contributed by atoms with Gasteiger partial charge in [-0.1, -0.05) is 42.5 Å². The number of fused-ring (bicyclic) bond motifs is 3. The summed E-state index contributed by atoms with van der Waals surface area (Å²) in [6.07, 6.45) is 7.40. The average molecular weight is 481 g/mol. The lowest BCUT2D eigenvalue weighted by Crippen LogP contribution is -2.42. The van der Waals surface area contributed by atoms with Crippen LogP contribution in [-0.2, 0) is 14.8 Å². The van der Waals surface area contributed by atoms with Gasteiger partial charge in [0.25, 0.3) is 10.0 Å². The Morgan fingerprint density at radius 2 is 1.77 bits per heavy atom. The molecule has 3 aliphatic rings. The standard InChI is InChI=1S/C23H26Cl2N2O3S/c24-19-8-6-15(12-20(19)25)27-31(28,29)16-7-9-21-18(13-16)23-17(10-11-30-23)22(26-21)14-4-2-1-3-5-14/h6-9,12-14,17,22-23,26-27H,1-5,10-11H2/t17?,22-,23?/m0/s1. The second-order valence-electron chi connectivity index (χ2n) is 8.80. The lowest BCUT2D eigenvalue weighted by Gasteiger charge is -2.42. The summed E-state index contributed by atoms with van der Waals surface area (Å²) in [5.41, 5.74) is 2.30. The van der Waals surface area contributed by atoms with Crippen molar-refractivity contribution >= 4 is 44.6 Å². The van der Waals surface area contributed by atoms with E-state index in [9.17, 15) is 8.42 Å². The van der Waals surface area contributed by atoms with Gasteiger partial charge in [0.15, 0.2) is 0 Å². The monoisotopic (exact) mass is 480 g/mol. The Morgan fingerprint density at radius 3 is 2.55 bits per heavy atom. The van der Waals surface area contributed by atoms with Gasteiger partial charge in [-0.05, 0) is 61.6 Å². The van der Waals surface area contributed by atoms with Gasteiger partial charge in [0.2, 0.25) is 0 Å². The summed E-state index contributed by atoms with van der Waals surface area (Å²) >= 11 is 12.0. The van der Waals surface area contributed by atoms with Crippen LogP contribution in [0.3, 0.4) is 0 Å². The largest absolute Gasteiger partial charge is 0.381 e. The van der Waals surface area contributed by atoms with E-state index in [0.717, 1.165) is 24.3 Å². The van der Waals surface area contributed by atoms with Gasteiger partial charge in [0, 0.05) is 29.8 Å². The van der Waals surface area contributed by atoms with Gasteiger partial charge in [0.1, 0.15) is 0 Å². The molecule has 2 aromatic rings. The number of sulfonamides is 1. The Morgan fingerprint density at radius 1 is 0.968 bits per heavy atom. The van der Waals surface area contributed by atoms with Crippen LogP contribution in [0.15, 0.2) is 41.3 Å². The first-order chi connectivity index (χ1) is 14.9. The highest BCUT2D eigenvalue weighted by Gasteiger charge is 2.44. The Hall–Kier alpha value is -1.47. The quantitative estimate of drug-likeness (QED) is 0.542. The molecule has 2 aliphatic heterocycles. The molecule has 2 unspecified atom stereocenters. The van der Waals surface area contributed by atoms with Gasteiger partial charge >= 0.3 is 0 Å². The van der Waals surface area contributed by atoms with Gasteiger partial charge in [-0.2, -0.15) is 0 Å². The zero-order valence-electron chi connectivity index (χ0n) is 17.1. The molecule has 166 valence electrons. The van der Waals surface area contributed by atoms with Crippen LogP contribution in [0, 0.1) is 11.8 Å². The van der Waals surface area contributed by atoms with Gasteiger partial charge in [0.05, 0.1) is 26.7 Å². The van der Waals surface area contributed by atoms with E-state index >= 15 is 0 Å². The maximum Gasteiger partial charge on any atom is 0.261 e. The molecular weight excluding hydrogens is 455 g/mol. The summed E-state index contributed by atoms with van der Waals surface area (Å²) in [5, 5.41) is 4.43. The third-order valence-electron chi connectivity index (χ3n) is 6.89. The summed E-state index contributed by atoms with van der Waals surface area (Å²) in [5.74, 6) is 1.05. The first kappa shape index (κ1) is 21.4. The number of nitrogens with one attached hydrogen (secondary N) is 2. The highest BCUT2D eigenvalue weighted by Crippen LogP contribution is 2.48. The summed E-state index contributed by atoms with van der Waals surface area (Å²) < 4.78 is 34.8. The maximum atomic E-state index is 13.0. The predicted octanol–water partition coefficient (Wildman–Crippen LogP) is 6.25. The minimum atomic E-state index is -3.77. The lowest BCUT2D eigenvalue weighted by molar-refractivity contribution is 0.0730. The first-order valence-electron chi connectivity index (χ1n) is 10.9. The molecule has 5 rings (SSSR count). The summed E-state index contributed by atoms with van der Waals surface area (Å²) in [7, 11) is -3.77. The molecule has 2 N–H and O–H groups in total. The van der Waals surface area contributed by atoms with Crippen LogP contribution >= 0.6 is 23.2 Å². The third kappa shape index (κ3) is 4.15. The van der Waals surface area contributed by atoms with Crippen molar-refractivity contribution in [3.8, 4) is 0 Å². The smallest absolute Gasteiger partial charge is 0.261 e. The van der Waals surface area contributed by atoms with Crippen molar-refractivity contribution in [1.82, 2.24) is 0 Å². The Balaban J connectivity index is 1.43. The van der Waals surface area contributed by atoms with Crippen LogP contribution in [0.4, 0.5) is 11.4 Å². The number of rotatable bonds is 4. The fraction of sp³-hybridized carbons (Fsp3) is 0.478. The van der Waals surface area contributed by atoms with E-state index in [0.29, 0.717) is 33.6 Å². The molecule has 3 atom stereocenters. The van der Waals surface area contributed by atoms with Crippen LogP contribution < -0.4 is 10.0 Å². The molecule has 5 nitrogen and oxygen atoms in total. The number of hydrogen-bond acceptors (Lipinski definition) is 4. The molecule has 31 heavy (non-hydrogen) atoms. The predicted molar refractivity (Wildman–Crippen MR) is 124 cm³/mol. The summed E-state index contributed by atoms with van der Waals surface area (Å²) in [6, 6.07) is 10.4. The third-order valence-corrected chi connectivity index (χ3v) is 9.01. The maximum absolute atomic E-state index is 13.0. The zero-order chi connectivity index (χ0) is 21.6. The Bertz CT molecular complexity index is 1090. The second kappa shape index (κ2) is 8.47. The zero-order valence-corrected chi connectivity index (χ0v) is 19.4. The molecule has 2 aromatic carbocycles. The van der Waals surface area contributed by atoms with E-state index in [1.165, 1.54) is 38.2 Å². The minimum absolute atomic E-state index is 0.0525. The van der Waals surface area contributed by atoms with E-state index in [2.05, 4.69) is 10.0 Å². The number of ether oxygens (including phenoxy) is 1. The molecule has 2 fully saturated rings. The highest BCUT2D eigenvalue weighted by molar-refractivity contribution is 7.92. The fourth-order valence-electron chi connectivity index (χ4n) is 5.39. The molecule has 1 saturated heterocycles. The molecule has 1 saturated carbocycles. The SMILES string of the molecule is O=S(=O)(Nc1ccc(Cl)c(Cl)c1)c1ccc2c(c1)C1OCCC1[C@H](C1CCCCC1)N2. The number of hydrogen-bond donors (Lipinski definition) is 2. The van der Waals surface area contributed by atoms with Crippen molar-refractivity contribution in [3.63, 3.8) is 0 Å². The van der Waals surface area contributed by atoms with E-state index in [4.69, 9.17) is 27.9 Å². The van der Waals surface area contributed by atoms with Crippen molar-refractivity contribution in [1.29, 1.82) is 0 Å². The van der Waals surface area contributed by atoms with E-state index < -0.39 is 10.0 Å². The van der Waals surface area contributed by atoms with Gasteiger partial charge in [-0.15, -0.1) is 0 Å². The molecule has 1 aliphatic carbocycles. The molecule has 0 aromatic heterocycles. The van der Waals surface area contributed by atoms with Crippen molar-refractivity contribution in [2.45, 2.75) is 55.6 Å². The van der Waals surface area contributed by atoms with Crippen LogP contribution in [0.5, 0.6) is 0 Å². The Kier molecular flexibility index (Phi) is 5.84. The van der Waals surface area contributed by atoms with Crippen molar-refractivity contribution in [3.05, 3.63) is 52.0 Å². The van der Waals surface area contributed by atoms with Gasteiger partial charge in [-0.25, -0.2) is 8.42 Å². The minimum Gasteiger partial charge on any atom is -0.381 e.